The van der Waals surface area contributed by atoms with Gasteiger partial charge < -0.3 is 5.32 Å². The zero-order valence-electron chi connectivity index (χ0n) is 13.3. The van der Waals surface area contributed by atoms with E-state index in [1.807, 2.05) is 6.20 Å². The van der Waals surface area contributed by atoms with Crippen LogP contribution in [0.4, 0.5) is 0 Å². The number of hydrogen-bond donors (Lipinski definition) is 1. The molecule has 0 aliphatic heterocycles. The fourth-order valence-corrected chi connectivity index (χ4v) is 2.77. The molecule has 1 N–H and O–H groups in total. The Morgan fingerprint density at radius 1 is 1.26 bits per heavy atom. The van der Waals surface area contributed by atoms with Crippen LogP contribution in [0, 0.1) is 19.8 Å². The summed E-state index contributed by atoms with van der Waals surface area (Å²) in [4.78, 5) is 4.65. The third-order valence-corrected chi connectivity index (χ3v) is 4.05. The average Bonchev–Trinajstić information content (AvgIpc) is 2.40. The van der Waals surface area contributed by atoms with Gasteiger partial charge in [0.1, 0.15) is 0 Å². The van der Waals surface area contributed by atoms with Gasteiger partial charge in [0, 0.05) is 12.2 Å². The van der Waals surface area contributed by atoms with Crippen molar-refractivity contribution in [3.8, 4) is 0 Å². The Morgan fingerprint density at radius 3 is 2.53 bits per heavy atom. The number of aryl methyl sites for hydroxylation is 2. The van der Waals surface area contributed by atoms with E-state index in [1.165, 1.54) is 48.9 Å². The molecular formula is C17H30N2. The van der Waals surface area contributed by atoms with Gasteiger partial charge in [-0.2, -0.15) is 0 Å². The van der Waals surface area contributed by atoms with Gasteiger partial charge in [-0.15, -0.1) is 0 Å². The first-order valence-corrected chi connectivity index (χ1v) is 7.72. The zero-order valence-corrected chi connectivity index (χ0v) is 13.3. The average molecular weight is 262 g/mol. The highest BCUT2D eigenvalue weighted by molar-refractivity contribution is 5.25. The lowest BCUT2D eigenvalue weighted by Crippen LogP contribution is -2.22. The van der Waals surface area contributed by atoms with Gasteiger partial charge in [-0.3, -0.25) is 4.98 Å². The van der Waals surface area contributed by atoms with E-state index in [2.05, 4.69) is 51.1 Å². The summed E-state index contributed by atoms with van der Waals surface area (Å²) in [6.45, 7) is 8.86. The van der Waals surface area contributed by atoms with Gasteiger partial charge in [-0.1, -0.05) is 45.6 Å². The van der Waals surface area contributed by atoms with E-state index < -0.39 is 0 Å². The quantitative estimate of drug-likeness (QED) is 0.742. The molecule has 1 aromatic heterocycles. The number of nitrogens with zero attached hydrogens (tertiary/aromatic N) is 1. The molecule has 2 heteroatoms. The van der Waals surface area contributed by atoms with Gasteiger partial charge in [-0.25, -0.2) is 0 Å². The molecule has 0 amide bonds. The second-order valence-corrected chi connectivity index (χ2v) is 5.71. The second kappa shape index (κ2) is 8.31. The highest BCUT2D eigenvalue weighted by atomic mass is 14.9. The number of pyridine rings is 1. The monoisotopic (exact) mass is 262 g/mol. The minimum Gasteiger partial charge on any atom is -0.312 e. The van der Waals surface area contributed by atoms with Crippen LogP contribution in [-0.2, 0) is 0 Å². The molecule has 2 nitrogen and oxygen atoms in total. The first-order chi connectivity index (χ1) is 9.12. The minimum absolute atomic E-state index is 0.391. The molecule has 108 valence electrons. The van der Waals surface area contributed by atoms with Gasteiger partial charge in [0.05, 0.1) is 5.69 Å². The van der Waals surface area contributed by atoms with Crippen molar-refractivity contribution >= 4 is 0 Å². The summed E-state index contributed by atoms with van der Waals surface area (Å²) in [5.74, 6) is 0.805. The standard InChI is InChI=1S/C17H30N2/c1-6-8-9-15(7-2)11-16(18-5)17-14(4)10-13(3)12-19-17/h10,12,15-16,18H,6-9,11H2,1-5H3. The zero-order chi connectivity index (χ0) is 14.3. The number of unbranched alkanes of at least 4 members (excludes halogenated alkanes) is 1. The predicted molar refractivity (Wildman–Crippen MR) is 83.4 cm³/mol. The van der Waals surface area contributed by atoms with Crippen LogP contribution in [-0.4, -0.2) is 12.0 Å². The van der Waals surface area contributed by atoms with E-state index in [4.69, 9.17) is 0 Å². The third kappa shape index (κ3) is 4.94. The van der Waals surface area contributed by atoms with Crippen molar-refractivity contribution in [1.82, 2.24) is 10.3 Å². The van der Waals surface area contributed by atoms with Crippen molar-refractivity contribution in [2.45, 2.75) is 65.8 Å². The molecule has 1 heterocycles. The van der Waals surface area contributed by atoms with E-state index in [-0.39, 0.29) is 0 Å². The lowest BCUT2D eigenvalue weighted by Gasteiger charge is -2.23. The van der Waals surface area contributed by atoms with Crippen LogP contribution in [0.2, 0.25) is 0 Å². The van der Waals surface area contributed by atoms with Crippen molar-refractivity contribution in [1.29, 1.82) is 0 Å². The van der Waals surface area contributed by atoms with Crippen LogP contribution in [0.5, 0.6) is 0 Å². The van der Waals surface area contributed by atoms with E-state index in [1.54, 1.807) is 0 Å². The molecule has 0 aliphatic rings. The molecule has 0 aliphatic carbocycles. The Bertz CT molecular complexity index is 374. The van der Waals surface area contributed by atoms with Crippen molar-refractivity contribution in [2.24, 2.45) is 5.92 Å². The maximum Gasteiger partial charge on any atom is 0.0602 e. The first-order valence-electron chi connectivity index (χ1n) is 7.72. The summed E-state index contributed by atoms with van der Waals surface area (Å²) in [6.07, 6.45) is 8.43. The lowest BCUT2D eigenvalue weighted by molar-refractivity contribution is 0.360. The lowest BCUT2D eigenvalue weighted by atomic mass is 9.89. The number of nitrogens with one attached hydrogen (secondary N) is 1. The van der Waals surface area contributed by atoms with Crippen molar-refractivity contribution in [2.75, 3.05) is 7.05 Å². The molecule has 0 aromatic carbocycles. The first kappa shape index (κ1) is 16.2. The summed E-state index contributed by atoms with van der Waals surface area (Å²) < 4.78 is 0. The maximum absolute atomic E-state index is 4.65. The molecule has 0 fully saturated rings. The van der Waals surface area contributed by atoms with Crippen molar-refractivity contribution < 1.29 is 0 Å². The van der Waals surface area contributed by atoms with Gasteiger partial charge >= 0.3 is 0 Å². The summed E-state index contributed by atoms with van der Waals surface area (Å²) in [5, 5.41) is 3.46. The maximum atomic E-state index is 4.65. The van der Waals surface area contributed by atoms with Crippen LogP contribution in [0.3, 0.4) is 0 Å². The molecule has 1 rings (SSSR count). The Kier molecular flexibility index (Phi) is 7.07. The molecule has 2 unspecified atom stereocenters. The summed E-state index contributed by atoms with van der Waals surface area (Å²) >= 11 is 0. The van der Waals surface area contributed by atoms with Crippen molar-refractivity contribution in [3.63, 3.8) is 0 Å². The van der Waals surface area contributed by atoms with Gasteiger partial charge in [0.15, 0.2) is 0 Å². The number of aromatic nitrogens is 1. The van der Waals surface area contributed by atoms with Gasteiger partial charge in [-0.05, 0) is 44.4 Å². The molecule has 0 bridgehead atoms. The van der Waals surface area contributed by atoms with Crippen LogP contribution in [0.25, 0.3) is 0 Å². The van der Waals surface area contributed by atoms with Gasteiger partial charge in [0.2, 0.25) is 0 Å². The van der Waals surface area contributed by atoms with E-state index in [0.29, 0.717) is 6.04 Å². The molecular weight excluding hydrogens is 232 g/mol. The number of rotatable bonds is 8. The largest absolute Gasteiger partial charge is 0.312 e. The van der Waals surface area contributed by atoms with Crippen LogP contribution in [0.15, 0.2) is 12.3 Å². The number of hydrogen-bond acceptors (Lipinski definition) is 2. The van der Waals surface area contributed by atoms with E-state index in [9.17, 15) is 0 Å². The molecule has 0 spiro atoms. The fourth-order valence-electron chi connectivity index (χ4n) is 2.77. The molecule has 0 radical (unpaired) electrons. The summed E-state index contributed by atoms with van der Waals surface area (Å²) in [5.41, 5.74) is 3.78. The molecule has 1 aromatic rings. The minimum atomic E-state index is 0.391. The normalized spacial score (nSPS) is 14.4. The summed E-state index contributed by atoms with van der Waals surface area (Å²) in [6, 6.07) is 2.63. The Labute approximate surface area is 119 Å². The summed E-state index contributed by atoms with van der Waals surface area (Å²) in [7, 11) is 2.05. The SMILES string of the molecule is CCCCC(CC)CC(NC)c1ncc(C)cc1C. The molecule has 0 saturated heterocycles. The van der Waals surface area contributed by atoms with Crippen LogP contribution in [0.1, 0.15) is 68.8 Å². The second-order valence-electron chi connectivity index (χ2n) is 5.71. The van der Waals surface area contributed by atoms with E-state index in [0.717, 1.165) is 5.92 Å². The molecule has 0 saturated carbocycles. The van der Waals surface area contributed by atoms with E-state index >= 15 is 0 Å². The van der Waals surface area contributed by atoms with Crippen LogP contribution < -0.4 is 5.32 Å². The van der Waals surface area contributed by atoms with Crippen LogP contribution >= 0.6 is 0 Å². The topological polar surface area (TPSA) is 24.9 Å². The highest BCUT2D eigenvalue weighted by Gasteiger charge is 2.18. The highest BCUT2D eigenvalue weighted by Crippen LogP contribution is 2.27. The predicted octanol–water partition coefficient (Wildman–Crippen LogP) is 4.57. The molecule has 2 atom stereocenters. The van der Waals surface area contributed by atoms with Crippen molar-refractivity contribution in [3.05, 3.63) is 29.1 Å². The smallest absolute Gasteiger partial charge is 0.0602 e. The Morgan fingerprint density at radius 2 is 2.00 bits per heavy atom. The molecule has 19 heavy (non-hydrogen) atoms. The Hall–Kier alpha value is -0.890. The third-order valence-electron chi connectivity index (χ3n) is 4.05. The Balaban J connectivity index is 2.76. The van der Waals surface area contributed by atoms with Gasteiger partial charge in [0.25, 0.3) is 0 Å². The fraction of sp³-hybridized carbons (Fsp3) is 0.706.